The third-order valence-electron chi connectivity index (χ3n) is 4.93. The summed E-state index contributed by atoms with van der Waals surface area (Å²) in [6.07, 6.45) is 0.689. The lowest BCUT2D eigenvalue weighted by Crippen LogP contribution is -2.45. The zero-order valence-corrected chi connectivity index (χ0v) is 16.5. The average Bonchev–Trinajstić information content (AvgIpc) is 2.77. The number of aromatic nitrogens is 3. The molecule has 0 saturated carbocycles. The predicted octanol–water partition coefficient (Wildman–Crippen LogP) is 3.57. The Bertz CT molecular complexity index is 1030. The number of anilines is 2. The van der Waals surface area contributed by atoms with Gasteiger partial charge in [0.2, 0.25) is 5.95 Å². The number of ether oxygens (including phenoxy) is 1. The molecule has 1 aliphatic rings. The van der Waals surface area contributed by atoms with E-state index in [1.165, 1.54) is 6.33 Å². The van der Waals surface area contributed by atoms with E-state index in [0.29, 0.717) is 36.1 Å². The highest BCUT2D eigenvalue weighted by molar-refractivity contribution is 5.60. The Labute approximate surface area is 174 Å². The lowest BCUT2D eigenvalue weighted by molar-refractivity contribution is 0.0313. The first kappa shape index (κ1) is 19.7. The van der Waals surface area contributed by atoms with Gasteiger partial charge in [0.05, 0.1) is 11.6 Å². The number of benzene rings is 2. The molecular weight excluding hydrogens is 383 g/mol. The minimum Gasteiger partial charge on any atom is -0.487 e. The molecule has 1 aromatic heterocycles. The summed E-state index contributed by atoms with van der Waals surface area (Å²) in [4.78, 5) is 14.7. The quantitative estimate of drug-likeness (QED) is 0.695. The molecule has 2 atom stereocenters. The summed E-state index contributed by atoms with van der Waals surface area (Å²) >= 11 is 0. The maximum atomic E-state index is 14.2. The van der Waals surface area contributed by atoms with Gasteiger partial charge in [-0.25, -0.2) is 14.4 Å². The van der Waals surface area contributed by atoms with Crippen LogP contribution in [0.3, 0.4) is 0 Å². The molecule has 0 bridgehead atoms. The number of rotatable bonds is 5. The van der Waals surface area contributed by atoms with Crippen LogP contribution in [-0.2, 0) is 0 Å². The van der Waals surface area contributed by atoms with Gasteiger partial charge in [0.1, 0.15) is 24.4 Å². The van der Waals surface area contributed by atoms with E-state index in [2.05, 4.69) is 26.3 Å². The third-order valence-corrected chi connectivity index (χ3v) is 4.93. The molecule has 2 heterocycles. The molecular formula is C22H21FN6O. The summed E-state index contributed by atoms with van der Waals surface area (Å²) in [7, 11) is 1.91. The Morgan fingerprint density at radius 3 is 2.60 bits per heavy atom. The van der Waals surface area contributed by atoms with Gasteiger partial charge < -0.3 is 15.0 Å². The van der Waals surface area contributed by atoms with E-state index in [4.69, 9.17) is 10.00 Å². The summed E-state index contributed by atoms with van der Waals surface area (Å²) < 4.78 is 20.0. The predicted molar refractivity (Wildman–Crippen MR) is 111 cm³/mol. The van der Waals surface area contributed by atoms with Crippen molar-refractivity contribution in [3.05, 3.63) is 60.4 Å². The van der Waals surface area contributed by atoms with E-state index >= 15 is 0 Å². The fraction of sp³-hybridized carbons (Fsp3) is 0.273. The zero-order chi connectivity index (χ0) is 20.9. The molecule has 2 aromatic carbocycles. The highest BCUT2D eigenvalue weighted by Gasteiger charge is 2.29. The molecule has 8 heteroatoms. The number of likely N-dealkylation sites (tertiary alicyclic amines) is 1. The van der Waals surface area contributed by atoms with Crippen molar-refractivity contribution in [1.82, 2.24) is 19.9 Å². The number of nitrogens with one attached hydrogen (secondary N) is 1. The monoisotopic (exact) mass is 404 g/mol. The topological polar surface area (TPSA) is 87.0 Å². The molecule has 0 amide bonds. The number of halogens is 1. The third kappa shape index (κ3) is 4.70. The molecule has 30 heavy (non-hydrogen) atoms. The van der Waals surface area contributed by atoms with Crippen molar-refractivity contribution < 1.29 is 9.13 Å². The fourth-order valence-electron chi connectivity index (χ4n) is 3.28. The Morgan fingerprint density at radius 2 is 1.90 bits per heavy atom. The SMILES string of the molecule is CN1CC[C@H](Oc2ccc(Nc3ncnc(-c4ccc(C#N)cc4)n3)cc2)[C@H](F)C1. The molecule has 0 unspecified atom stereocenters. The van der Waals surface area contributed by atoms with Crippen LogP contribution in [0.25, 0.3) is 11.4 Å². The molecule has 152 valence electrons. The minimum absolute atomic E-state index is 0.394. The normalized spacial score (nSPS) is 19.1. The molecule has 1 saturated heterocycles. The van der Waals surface area contributed by atoms with Gasteiger partial charge in [0, 0.05) is 24.3 Å². The summed E-state index contributed by atoms with van der Waals surface area (Å²) in [6.45, 7) is 1.22. The number of hydrogen-bond acceptors (Lipinski definition) is 7. The molecule has 4 rings (SSSR count). The van der Waals surface area contributed by atoms with E-state index in [0.717, 1.165) is 17.8 Å². The van der Waals surface area contributed by atoms with Crippen molar-refractivity contribution in [1.29, 1.82) is 5.26 Å². The van der Waals surface area contributed by atoms with E-state index in [1.54, 1.807) is 36.4 Å². The summed E-state index contributed by atoms with van der Waals surface area (Å²) in [5.41, 5.74) is 2.15. The molecule has 0 aliphatic carbocycles. The van der Waals surface area contributed by atoms with Crippen LogP contribution in [0.4, 0.5) is 16.0 Å². The van der Waals surface area contributed by atoms with Gasteiger partial charge in [0.25, 0.3) is 0 Å². The standard InChI is InChI=1S/C22H21FN6O/c1-29-11-10-20(19(23)13-29)30-18-8-6-17(7-9-18)27-22-26-14-25-21(28-22)16-4-2-15(12-24)3-5-16/h2-9,14,19-20H,10-11,13H2,1H3,(H,25,26,27,28)/t19-,20+/m1/s1. The van der Waals surface area contributed by atoms with Crippen LogP contribution in [-0.4, -0.2) is 52.3 Å². The molecule has 0 spiro atoms. The first-order valence-electron chi connectivity index (χ1n) is 9.66. The minimum atomic E-state index is -0.993. The van der Waals surface area contributed by atoms with Crippen LogP contribution in [0.1, 0.15) is 12.0 Å². The zero-order valence-electron chi connectivity index (χ0n) is 16.5. The lowest BCUT2D eigenvalue weighted by Gasteiger charge is -2.32. The Kier molecular flexibility index (Phi) is 5.82. The maximum absolute atomic E-state index is 14.2. The van der Waals surface area contributed by atoms with E-state index in [-0.39, 0.29) is 0 Å². The Morgan fingerprint density at radius 1 is 1.13 bits per heavy atom. The fourth-order valence-corrected chi connectivity index (χ4v) is 3.28. The average molecular weight is 404 g/mol. The number of nitriles is 1. The van der Waals surface area contributed by atoms with Crippen LogP contribution < -0.4 is 10.1 Å². The molecule has 1 N–H and O–H groups in total. The molecule has 1 fully saturated rings. The number of alkyl halides is 1. The lowest BCUT2D eigenvalue weighted by atomic mass is 10.1. The summed E-state index contributed by atoms with van der Waals surface area (Å²) in [5.74, 6) is 1.54. The molecule has 3 aromatic rings. The second-order valence-corrected chi connectivity index (χ2v) is 7.19. The van der Waals surface area contributed by atoms with Gasteiger partial charge in [-0.3, -0.25) is 0 Å². The van der Waals surface area contributed by atoms with E-state index in [1.807, 2.05) is 24.1 Å². The van der Waals surface area contributed by atoms with Gasteiger partial charge in [-0.2, -0.15) is 10.2 Å². The van der Waals surface area contributed by atoms with E-state index in [9.17, 15) is 4.39 Å². The van der Waals surface area contributed by atoms with Crippen molar-refractivity contribution in [3.8, 4) is 23.2 Å². The largest absolute Gasteiger partial charge is 0.487 e. The number of nitrogens with zero attached hydrogens (tertiary/aromatic N) is 5. The van der Waals surface area contributed by atoms with Crippen LogP contribution >= 0.6 is 0 Å². The first-order valence-corrected chi connectivity index (χ1v) is 9.66. The van der Waals surface area contributed by atoms with Crippen molar-refractivity contribution in [2.75, 3.05) is 25.5 Å². The second-order valence-electron chi connectivity index (χ2n) is 7.19. The van der Waals surface area contributed by atoms with Crippen LogP contribution in [0.5, 0.6) is 5.75 Å². The summed E-state index contributed by atoms with van der Waals surface area (Å²) in [6, 6.07) is 16.4. The van der Waals surface area contributed by atoms with Crippen LogP contribution in [0.15, 0.2) is 54.9 Å². The highest BCUT2D eigenvalue weighted by Crippen LogP contribution is 2.24. The van der Waals surface area contributed by atoms with Crippen molar-refractivity contribution in [2.24, 2.45) is 0 Å². The van der Waals surface area contributed by atoms with Gasteiger partial charge >= 0.3 is 0 Å². The van der Waals surface area contributed by atoms with Gasteiger partial charge in [-0.15, -0.1) is 0 Å². The molecule has 0 radical (unpaired) electrons. The summed E-state index contributed by atoms with van der Waals surface area (Å²) in [5, 5.41) is 12.0. The van der Waals surface area contributed by atoms with Crippen molar-refractivity contribution in [2.45, 2.75) is 18.7 Å². The van der Waals surface area contributed by atoms with Gasteiger partial charge in [0.15, 0.2) is 5.82 Å². The van der Waals surface area contributed by atoms with Crippen molar-refractivity contribution >= 4 is 11.6 Å². The molecule has 1 aliphatic heterocycles. The molecule has 7 nitrogen and oxygen atoms in total. The van der Waals surface area contributed by atoms with Gasteiger partial charge in [-0.05, 0) is 62.0 Å². The Hall–Kier alpha value is -3.57. The van der Waals surface area contributed by atoms with Crippen LogP contribution in [0, 0.1) is 11.3 Å². The van der Waals surface area contributed by atoms with Crippen LogP contribution in [0.2, 0.25) is 0 Å². The Balaban J connectivity index is 1.41. The van der Waals surface area contributed by atoms with E-state index < -0.39 is 12.3 Å². The number of piperidine rings is 1. The highest BCUT2D eigenvalue weighted by atomic mass is 19.1. The maximum Gasteiger partial charge on any atom is 0.230 e. The smallest absolute Gasteiger partial charge is 0.230 e. The second kappa shape index (κ2) is 8.84. The first-order chi connectivity index (χ1) is 14.6. The number of hydrogen-bond donors (Lipinski definition) is 1. The van der Waals surface area contributed by atoms with Gasteiger partial charge in [-0.1, -0.05) is 0 Å². The van der Waals surface area contributed by atoms with Crippen molar-refractivity contribution in [3.63, 3.8) is 0 Å².